The molecule has 0 fully saturated rings. The molecule has 0 aliphatic carbocycles. The Balaban J connectivity index is 2.61. The minimum atomic E-state index is 0.105. The highest BCUT2D eigenvalue weighted by atomic mass is 16.5. The van der Waals surface area contributed by atoms with Gasteiger partial charge < -0.3 is 15.0 Å². The number of ether oxygens (including phenoxy) is 1. The first-order chi connectivity index (χ1) is 9.58. The number of nitrogens with one attached hydrogen (secondary N) is 1. The van der Waals surface area contributed by atoms with Crippen molar-refractivity contribution >= 4 is 11.6 Å². The van der Waals surface area contributed by atoms with E-state index in [4.69, 9.17) is 4.74 Å². The summed E-state index contributed by atoms with van der Waals surface area (Å²) in [4.78, 5) is 13.8. The average Bonchev–Trinajstić information content (AvgIpc) is 2.45. The lowest BCUT2D eigenvalue weighted by molar-refractivity contribution is -0.128. The highest BCUT2D eigenvalue weighted by Gasteiger charge is 2.10. The number of benzene rings is 1. The Labute approximate surface area is 122 Å². The van der Waals surface area contributed by atoms with Crippen molar-refractivity contribution in [3.05, 3.63) is 24.3 Å². The van der Waals surface area contributed by atoms with Gasteiger partial charge in [-0.15, -0.1) is 0 Å². The van der Waals surface area contributed by atoms with Crippen LogP contribution in [0.15, 0.2) is 24.3 Å². The van der Waals surface area contributed by atoms with Crippen molar-refractivity contribution in [3.8, 4) is 5.75 Å². The maximum atomic E-state index is 12.0. The second-order valence-corrected chi connectivity index (χ2v) is 5.12. The number of para-hydroxylation sites is 2. The molecule has 0 bridgehead atoms. The number of nitrogens with zero attached hydrogens (tertiary/aromatic N) is 1. The summed E-state index contributed by atoms with van der Waals surface area (Å²) in [5, 5.41) is 3.17. The van der Waals surface area contributed by atoms with Crippen LogP contribution >= 0.6 is 0 Å². The lowest BCUT2D eigenvalue weighted by atomic mass is 10.2. The number of likely N-dealkylation sites (N-methyl/N-ethyl adjacent to an activating group) is 1. The second kappa shape index (κ2) is 8.46. The van der Waals surface area contributed by atoms with Crippen LogP contribution in [0.1, 0.15) is 27.7 Å². The van der Waals surface area contributed by atoms with E-state index < -0.39 is 0 Å². The molecule has 0 atom stereocenters. The molecule has 1 amide bonds. The van der Waals surface area contributed by atoms with Crippen LogP contribution in [0.2, 0.25) is 0 Å². The first-order valence-electron chi connectivity index (χ1n) is 7.31. The van der Waals surface area contributed by atoms with E-state index in [1.807, 2.05) is 43.0 Å². The molecule has 1 rings (SSSR count). The molecule has 1 aromatic carbocycles. The number of carbonyl (C=O) groups excluding carboxylic acids is 1. The van der Waals surface area contributed by atoms with E-state index in [-0.39, 0.29) is 5.91 Å². The van der Waals surface area contributed by atoms with E-state index >= 15 is 0 Å². The van der Waals surface area contributed by atoms with E-state index in [1.54, 1.807) is 0 Å². The molecule has 0 aliphatic heterocycles. The fraction of sp³-hybridized carbons (Fsp3) is 0.562. The lowest BCUT2D eigenvalue weighted by Gasteiger charge is -2.20. The SMILES string of the molecule is CCN(CC)C(=O)CNc1ccccc1OCC(C)C. The molecule has 1 N–H and O–H groups in total. The topological polar surface area (TPSA) is 41.6 Å². The van der Waals surface area contributed by atoms with Crippen molar-refractivity contribution in [2.24, 2.45) is 5.92 Å². The van der Waals surface area contributed by atoms with Crippen LogP contribution < -0.4 is 10.1 Å². The van der Waals surface area contributed by atoms with E-state index in [0.29, 0.717) is 19.1 Å². The zero-order valence-electron chi connectivity index (χ0n) is 13.0. The van der Waals surface area contributed by atoms with Gasteiger partial charge in [0.1, 0.15) is 5.75 Å². The Morgan fingerprint density at radius 3 is 2.50 bits per heavy atom. The number of rotatable bonds is 8. The molecule has 0 heterocycles. The van der Waals surface area contributed by atoms with Gasteiger partial charge in [-0.25, -0.2) is 0 Å². The Hall–Kier alpha value is -1.71. The van der Waals surface area contributed by atoms with Gasteiger partial charge >= 0.3 is 0 Å². The van der Waals surface area contributed by atoms with Gasteiger partial charge in [-0.1, -0.05) is 26.0 Å². The quantitative estimate of drug-likeness (QED) is 0.795. The monoisotopic (exact) mass is 278 g/mol. The molecule has 20 heavy (non-hydrogen) atoms. The van der Waals surface area contributed by atoms with Gasteiger partial charge in [0.25, 0.3) is 0 Å². The molecular formula is C16H26N2O2. The van der Waals surface area contributed by atoms with Crippen LogP contribution in [0.5, 0.6) is 5.75 Å². The maximum absolute atomic E-state index is 12.0. The van der Waals surface area contributed by atoms with E-state index in [9.17, 15) is 4.79 Å². The summed E-state index contributed by atoms with van der Waals surface area (Å²) in [6.45, 7) is 10.6. The molecular weight excluding hydrogens is 252 g/mol. The van der Waals surface area contributed by atoms with Crippen LogP contribution in [0, 0.1) is 5.92 Å². The molecule has 1 aromatic rings. The van der Waals surface area contributed by atoms with E-state index in [1.165, 1.54) is 0 Å². The summed E-state index contributed by atoms with van der Waals surface area (Å²) in [6, 6.07) is 7.73. The standard InChI is InChI=1S/C16H26N2O2/c1-5-18(6-2)16(19)11-17-14-9-7-8-10-15(14)20-12-13(3)4/h7-10,13,17H,5-6,11-12H2,1-4H3. The molecule has 0 spiro atoms. The van der Waals surface area contributed by atoms with Gasteiger partial charge in [0, 0.05) is 13.1 Å². The molecule has 0 saturated heterocycles. The summed E-state index contributed by atoms with van der Waals surface area (Å²) in [5.41, 5.74) is 0.869. The first kappa shape index (κ1) is 16.3. The summed E-state index contributed by atoms with van der Waals surface area (Å²) in [7, 11) is 0. The lowest BCUT2D eigenvalue weighted by Crippen LogP contribution is -2.35. The fourth-order valence-electron chi connectivity index (χ4n) is 1.85. The molecule has 0 unspecified atom stereocenters. The largest absolute Gasteiger partial charge is 0.491 e. The maximum Gasteiger partial charge on any atom is 0.241 e. The third kappa shape index (κ3) is 5.11. The molecule has 0 saturated carbocycles. The normalized spacial score (nSPS) is 10.4. The Bertz CT molecular complexity index is 415. The Morgan fingerprint density at radius 2 is 1.90 bits per heavy atom. The van der Waals surface area contributed by atoms with Crippen molar-refractivity contribution in [3.63, 3.8) is 0 Å². The zero-order valence-corrected chi connectivity index (χ0v) is 13.0. The first-order valence-corrected chi connectivity index (χ1v) is 7.31. The van der Waals surface area contributed by atoms with Crippen LogP contribution in [0.3, 0.4) is 0 Å². The zero-order chi connectivity index (χ0) is 15.0. The summed E-state index contributed by atoms with van der Waals surface area (Å²) in [5.74, 6) is 1.38. The minimum absolute atomic E-state index is 0.105. The van der Waals surface area contributed by atoms with Gasteiger partial charge in [-0.05, 0) is 31.9 Å². The van der Waals surface area contributed by atoms with Crippen molar-refractivity contribution in [2.75, 3.05) is 31.6 Å². The van der Waals surface area contributed by atoms with E-state index in [2.05, 4.69) is 19.2 Å². The average molecular weight is 278 g/mol. The van der Waals surface area contributed by atoms with Crippen LogP contribution in [0.25, 0.3) is 0 Å². The molecule has 4 nitrogen and oxygen atoms in total. The van der Waals surface area contributed by atoms with Crippen LogP contribution in [-0.4, -0.2) is 37.0 Å². The third-order valence-electron chi connectivity index (χ3n) is 3.01. The number of hydrogen-bond acceptors (Lipinski definition) is 3. The van der Waals surface area contributed by atoms with Gasteiger partial charge in [-0.2, -0.15) is 0 Å². The number of amides is 1. The predicted octanol–water partition coefficient (Wildman–Crippen LogP) is 3.00. The van der Waals surface area contributed by atoms with Crippen LogP contribution in [0.4, 0.5) is 5.69 Å². The minimum Gasteiger partial charge on any atom is -0.491 e. The smallest absolute Gasteiger partial charge is 0.241 e. The van der Waals surface area contributed by atoms with Crippen molar-refractivity contribution in [1.82, 2.24) is 4.90 Å². The Kier molecular flexibility index (Phi) is 6.91. The van der Waals surface area contributed by atoms with Gasteiger partial charge in [0.05, 0.1) is 18.8 Å². The number of anilines is 1. The number of hydrogen-bond donors (Lipinski definition) is 1. The molecule has 0 radical (unpaired) electrons. The van der Waals surface area contributed by atoms with Gasteiger partial charge in [0.15, 0.2) is 0 Å². The van der Waals surface area contributed by atoms with Crippen molar-refractivity contribution < 1.29 is 9.53 Å². The van der Waals surface area contributed by atoms with Crippen LogP contribution in [-0.2, 0) is 4.79 Å². The van der Waals surface area contributed by atoms with Gasteiger partial charge in [-0.3, -0.25) is 4.79 Å². The summed E-state index contributed by atoms with van der Waals surface area (Å²) >= 11 is 0. The number of carbonyl (C=O) groups is 1. The molecule has 4 heteroatoms. The second-order valence-electron chi connectivity index (χ2n) is 5.12. The highest BCUT2D eigenvalue weighted by molar-refractivity contribution is 5.81. The van der Waals surface area contributed by atoms with Gasteiger partial charge in [0.2, 0.25) is 5.91 Å². The Morgan fingerprint density at radius 1 is 1.25 bits per heavy atom. The molecule has 0 aromatic heterocycles. The van der Waals surface area contributed by atoms with Crippen molar-refractivity contribution in [1.29, 1.82) is 0 Å². The highest BCUT2D eigenvalue weighted by Crippen LogP contribution is 2.24. The fourth-order valence-corrected chi connectivity index (χ4v) is 1.85. The van der Waals surface area contributed by atoms with Crippen molar-refractivity contribution in [2.45, 2.75) is 27.7 Å². The predicted molar refractivity (Wildman–Crippen MR) is 83.2 cm³/mol. The molecule has 112 valence electrons. The molecule has 0 aliphatic rings. The summed E-state index contributed by atoms with van der Waals surface area (Å²) < 4.78 is 5.76. The third-order valence-corrected chi connectivity index (χ3v) is 3.01. The summed E-state index contributed by atoms with van der Waals surface area (Å²) in [6.07, 6.45) is 0. The van der Waals surface area contributed by atoms with E-state index in [0.717, 1.165) is 24.5 Å².